The van der Waals surface area contributed by atoms with Gasteiger partial charge in [0.05, 0.1) is 0 Å². The summed E-state index contributed by atoms with van der Waals surface area (Å²) in [6.45, 7) is 1.84. The van der Waals surface area contributed by atoms with E-state index >= 15 is 0 Å². The normalized spacial score (nSPS) is 12.2. The fourth-order valence-corrected chi connectivity index (χ4v) is 2.60. The Labute approximate surface area is 149 Å². The van der Waals surface area contributed by atoms with Crippen LogP contribution in [0.5, 0.6) is 0 Å². The van der Waals surface area contributed by atoms with Gasteiger partial charge in [0.2, 0.25) is 0 Å². The van der Waals surface area contributed by atoms with E-state index in [1.54, 1.807) is 36.4 Å². The molecule has 0 aromatic heterocycles. The Morgan fingerprint density at radius 2 is 1.58 bits per heavy atom. The molecular weight excluding hydrogens is 339 g/mol. The zero-order chi connectivity index (χ0) is 18.7. The third kappa shape index (κ3) is 3.94. The number of hydrogen-bond donors (Lipinski definition) is 1. The number of allylic oxidation sites excluding steroid dienone is 2. The first-order valence-electron chi connectivity index (χ1n) is 7.99. The van der Waals surface area contributed by atoms with Gasteiger partial charge in [-0.1, -0.05) is 66.2 Å². The maximum Gasteiger partial charge on any atom is 0.431 e. The molecule has 0 aliphatic rings. The summed E-state index contributed by atoms with van der Waals surface area (Å²) in [6.07, 6.45) is -4.08. The third-order valence-electron chi connectivity index (χ3n) is 3.98. The summed E-state index contributed by atoms with van der Waals surface area (Å²) in [5.41, 5.74) is 0.329. The van der Waals surface area contributed by atoms with Crippen LogP contribution in [0.25, 0.3) is 10.8 Å². The van der Waals surface area contributed by atoms with Gasteiger partial charge in [-0.3, -0.25) is 4.79 Å². The van der Waals surface area contributed by atoms with Gasteiger partial charge in [0.15, 0.2) is 5.78 Å². The highest BCUT2D eigenvalue weighted by Gasteiger charge is 2.35. The molecule has 0 radical (unpaired) electrons. The van der Waals surface area contributed by atoms with Gasteiger partial charge < -0.3 is 5.32 Å². The second kappa shape index (κ2) is 7.04. The number of carbonyl (C=O) groups is 1. The van der Waals surface area contributed by atoms with E-state index in [0.717, 1.165) is 10.9 Å². The Morgan fingerprint density at radius 1 is 0.923 bits per heavy atom. The number of benzene rings is 3. The van der Waals surface area contributed by atoms with E-state index in [9.17, 15) is 18.0 Å². The van der Waals surface area contributed by atoms with Crippen molar-refractivity contribution in [1.82, 2.24) is 0 Å². The molecule has 0 saturated heterocycles. The van der Waals surface area contributed by atoms with E-state index in [2.05, 4.69) is 5.32 Å². The Hall–Kier alpha value is -3.08. The summed E-state index contributed by atoms with van der Waals surface area (Å²) in [4.78, 5) is 12.3. The van der Waals surface area contributed by atoms with Crippen LogP contribution >= 0.6 is 0 Å². The lowest BCUT2D eigenvalue weighted by Gasteiger charge is -2.16. The quantitative estimate of drug-likeness (QED) is 0.467. The number of hydrogen-bond acceptors (Lipinski definition) is 2. The molecule has 5 heteroatoms. The van der Waals surface area contributed by atoms with Crippen LogP contribution in [-0.2, 0) is 0 Å². The molecule has 3 aromatic rings. The van der Waals surface area contributed by atoms with Crippen LogP contribution in [0, 0.1) is 6.92 Å². The molecule has 0 heterocycles. The second-order valence-electron chi connectivity index (χ2n) is 5.94. The van der Waals surface area contributed by atoms with Crippen molar-refractivity contribution >= 4 is 22.2 Å². The predicted octanol–water partition coefficient (Wildman–Crippen LogP) is 5.89. The summed E-state index contributed by atoms with van der Waals surface area (Å²) in [6, 6.07) is 18.5. The van der Waals surface area contributed by atoms with Crippen molar-refractivity contribution in [2.45, 2.75) is 13.1 Å². The number of ketones is 1. The van der Waals surface area contributed by atoms with E-state index < -0.39 is 17.7 Å². The molecule has 1 N–H and O–H groups in total. The zero-order valence-corrected chi connectivity index (χ0v) is 14.0. The molecule has 0 unspecified atom stereocenters. The molecule has 26 heavy (non-hydrogen) atoms. The molecule has 3 aromatic carbocycles. The number of fused-ring (bicyclic) bond motifs is 1. The summed E-state index contributed by atoms with van der Waals surface area (Å²) >= 11 is 0. The molecule has 132 valence electrons. The van der Waals surface area contributed by atoms with E-state index in [1.807, 2.05) is 25.1 Å². The highest BCUT2D eigenvalue weighted by Crippen LogP contribution is 2.31. The smallest absolute Gasteiger partial charge is 0.351 e. The number of halogens is 3. The first-order valence-corrected chi connectivity index (χ1v) is 7.99. The van der Waals surface area contributed by atoms with E-state index in [1.165, 1.54) is 12.1 Å². The molecule has 0 aliphatic heterocycles. The monoisotopic (exact) mass is 355 g/mol. The summed E-state index contributed by atoms with van der Waals surface area (Å²) in [5.74, 6) is -0.704. The largest absolute Gasteiger partial charge is 0.431 e. The van der Waals surface area contributed by atoms with Gasteiger partial charge in [-0.2, -0.15) is 13.2 Å². The van der Waals surface area contributed by atoms with Crippen molar-refractivity contribution in [1.29, 1.82) is 0 Å². The molecule has 3 rings (SSSR count). The number of alkyl halides is 3. The van der Waals surface area contributed by atoms with Crippen molar-refractivity contribution in [3.63, 3.8) is 0 Å². The second-order valence-corrected chi connectivity index (χ2v) is 5.94. The average Bonchev–Trinajstić information content (AvgIpc) is 2.61. The Bertz CT molecular complexity index is 967. The molecule has 0 atom stereocenters. The van der Waals surface area contributed by atoms with Crippen LogP contribution in [0.1, 0.15) is 15.9 Å². The minimum absolute atomic E-state index is 0.206. The minimum atomic E-state index is -4.68. The lowest BCUT2D eigenvalue weighted by atomic mass is 10.1. The Balaban J connectivity index is 1.98. The minimum Gasteiger partial charge on any atom is -0.351 e. The van der Waals surface area contributed by atoms with Crippen molar-refractivity contribution in [2.75, 3.05) is 5.32 Å². The first-order chi connectivity index (χ1) is 12.3. The fourth-order valence-electron chi connectivity index (χ4n) is 2.60. The number of nitrogens with one attached hydrogen (secondary N) is 1. The lowest BCUT2D eigenvalue weighted by Crippen LogP contribution is -2.20. The van der Waals surface area contributed by atoms with Crippen LogP contribution in [0.15, 0.2) is 78.5 Å². The SMILES string of the molecule is Cc1ccc(C(=O)C=C(Nc2cccc3ccccc23)C(F)(F)F)cc1. The molecule has 0 spiro atoms. The predicted molar refractivity (Wildman–Crippen MR) is 97.2 cm³/mol. The van der Waals surface area contributed by atoms with Crippen molar-refractivity contribution in [2.24, 2.45) is 0 Å². The number of aryl methyl sites for hydroxylation is 1. The van der Waals surface area contributed by atoms with Crippen molar-refractivity contribution < 1.29 is 18.0 Å². The van der Waals surface area contributed by atoms with Gasteiger partial charge in [0.1, 0.15) is 5.70 Å². The molecule has 0 bridgehead atoms. The van der Waals surface area contributed by atoms with Crippen LogP contribution < -0.4 is 5.32 Å². The van der Waals surface area contributed by atoms with E-state index in [4.69, 9.17) is 0 Å². The lowest BCUT2D eigenvalue weighted by molar-refractivity contribution is -0.0903. The van der Waals surface area contributed by atoms with E-state index in [0.29, 0.717) is 17.1 Å². The van der Waals surface area contributed by atoms with Crippen molar-refractivity contribution in [3.05, 3.63) is 89.6 Å². The van der Waals surface area contributed by atoms with Gasteiger partial charge >= 0.3 is 6.18 Å². The molecule has 0 aliphatic carbocycles. The molecule has 0 amide bonds. The first kappa shape index (κ1) is 17.7. The number of anilines is 1. The van der Waals surface area contributed by atoms with Crippen LogP contribution in [-0.4, -0.2) is 12.0 Å². The van der Waals surface area contributed by atoms with Crippen molar-refractivity contribution in [3.8, 4) is 0 Å². The maximum atomic E-state index is 13.5. The summed E-state index contributed by atoms with van der Waals surface area (Å²) in [7, 11) is 0. The van der Waals surface area contributed by atoms with Crippen LogP contribution in [0.2, 0.25) is 0 Å². The van der Waals surface area contributed by atoms with Gasteiger partial charge in [0, 0.05) is 22.7 Å². The third-order valence-corrected chi connectivity index (χ3v) is 3.98. The molecule has 0 saturated carbocycles. The highest BCUT2D eigenvalue weighted by atomic mass is 19.4. The number of carbonyl (C=O) groups excluding carboxylic acids is 1. The highest BCUT2D eigenvalue weighted by molar-refractivity contribution is 6.05. The van der Waals surface area contributed by atoms with E-state index in [-0.39, 0.29) is 5.56 Å². The van der Waals surface area contributed by atoms with Crippen LogP contribution in [0.3, 0.4) is 0 Å². The summed E-state index contributed by atoms with van der Waals surface area (Å²) in [5, 5.41) is 3.84. The molecule has 0 fully saturated rings. The molecular formula is C21H16F3NO. The number of rotatable bonds is 4. The topological polar surface area (TPSA) is 29.1 Å². The van der Waals surface area contributed by atoms with Gasteiger partial charge in [-0.15, -0.1) is 0 Å². The zero-order valence-electron chi connectivity index (χ0n) is 14.0. The fraction of sp³-hybridized carbons (Fsp3) is 0.0952. The molecule has 2 nitrogen and oxygen atoms in total. The van der Waals surface area contributed by atoms with Gasteiger partial charge in [0.25, 0.3) is 0 Å². The standard InChI is InChI=1S/C21H16F3NO/c1-14-9-11-16(12-10-14)19(26)13-20(21(22,23)24)25-18-8-4-6-15-5-2-3-7-17(15)18/h2-13,25H,1H3. The maximum absolute atomic E-state index is 13.5. The van der Waals surface area contributed by atoms with Gasteiger partial charge in [-0.25, -0.2) is 0 Å². The van der Waals surface area contributed by atoms with Crippen LogP contribution in [0.4, 0.5) is 18.9 Å². The Morgan fingerprint density at radius 3 is 2.27 bits per heavy atom. The summed E-state index contributed by atoms with van der Waals surface area (Å²) < 4.78 is 40.4. The average molecular weight is 355 g/mol. The van der Waals surface area contributed by atoms with Gasteiger partial charge in [-0.05, 0) is 18.4 Å². The Kier molecular flexibility index (Phi) is 4.80.